The van der Waals surface area contributed by atoms with E-state index in [-0.39, 0.29) is 0 Å². The molecule has 3 unspecified atom stereocenters. The Morgan fingerprint density at radius 2 is 2.29 bits per heavy atom. The molecule has 0 saturated carbocycles. The molecule has 0 amide bonds. The Bertz CT molecular complexity index is 422. The van der Waals surface area contributed by atoms with E-state index < -0.39 is 0 Å². The van der Waals surface area contributed by atoms with Crippen molar-refractivity contribution < 1.29 is 9.47 Å². The van der Waals surface area contributed by atoms with Crippen LogP contribution in [0.1, 0.15) is 19.3 Å². The average Bonchev–Trinajstić information content (AvgIpc) is 2.93. The van der Waals surface area contributed by atoms with E-state index >= 15 is 0 Å². The summed E-state index contributed by atoms with van der Waals surface area (Å²) in [6.45, 7) is 0. The number of nitrogen functional groups attached to an aromatic ring is 1. The lowest BCUT2D eigenvalue weighted by Gasteiger charge is -2.21. The Balaban J connectivity index is 1.73. The molecule has 17 heavy (non-hydrogen) atoms. The first kappa shape index (κ1) is 10.7. The molecule has 0 radical (unpaired) electrons. The largest absolute Gasteiger partial charge is 0.495 e. The number of hydrogen-bond acceptors (Lipinski definition) is 4. The van der Waals surface area contributed by atoms with E-state index in [0.29, 0.717) is 23.9 Å². The second-order valence-corrected chi connectivity index (χ2v) is 4.82. The highest BCUT2D eigenvalue weighted by Crippen LogP contribution is 2.36. The molecule has 4 heteroatoms. The predicted octanol–water partition coefficient (Wildman–Crippen LogP) is 2.01. The summed E-state index contributed by atoms with van der Waals surface area (Å²) < 4.78 is 11.0. The van der Waals surface area contributed by atoms with Gasteiger partial charge in [-0.1, -0.05) is 0 Å². The molecule has 2 aliphatic rings. The van der Waals surface area contributed by atoms with Gasteiger partial charge in [0.15, 0.2) is 0 Å². The average molecular weight is 234 g/mol. The summed E-state index contributed by atoms with van der Waals surface area (Å²) in [5.41, 5.74) is 7.51. The molecule has 4 nitrogen and oxygen atoms in total. The van der Waals surface area contributed by atoms with E-state index in [1.54, 1.807) is 7.11 Å². The fourth-order valence-corrected chi connectivity index (χ4v) is 2.80. The number of rotatable bonds is 3. The first-order valence-corrected chi connectivity index (χ1v) is 6.12. The highest BCUT2D eigenvalue weighted by atomic mass is 16.5. The van der Waals surface area contributed by atoms with Crippen LogP contribution in [-0.4, -0.2) is 25.4 Å². The molecule has 2 bridgehead atoms. The zero-order chi connectivity index (χ0) is 11.8. The first-order chi connectivity index (χ1) is 8.26. The minimum atomic E-state index is 0.378. The lowest BCUT2D eigenvalue weighted by Crippen LogP contribution is -2.30. The highest BCUT2D eigenvalue weighted by molar-refractivity contribution is 5.61. The smallest absolute Gasteiger partial charge is 0.143 e. The van der Waals surface area contributed by atoms with Gasteiger partial charge in [0.25, 0.3) is 0 Å². The SMILES string of the molecule is COc1cc(NC2CC3CCC2O3)ccc1N. The Morgan fingerprint density at radius 3 is 2.94 bits per heavy atom. The molecule has 2 heterocycles. The minimum Gasteiger partial charge on any atom is -0.495 e. The van der Waals surface area contributed by atoms with Crippen molar-refractivity contribution in [1.29, 1.82) is 0 Å². The molecule has 3 atom stereocenters. The van der Waals surface area contributed by atoms with Crippen LogP contribution in [0.4, 0.5) is 11.4 Å². The van der Waals surface area contributed by atoms with Gasteiger partial charge in [0.05, 0.1) is 31.0 Å². The molecule has 1 aromatic carbocycles. The maximum absolute atomic E-state index is 5.82. The fraction of sp³-hybridized carbons (Fsp3) is 0.538. The third-order valence-corrected chi connectivity index (χ3v) is 3.69. The Hall–Kier alpha value is -1.42. The summed E-state index contributed by atoms with van der Waals surface area (Å²) in [5, 5.41) is 3.51. The third-order valence-electron chi connectivity index (χ3n) is 3.69. The predicted molar refractivity (Wildman–Crippen MR) is 67.3 cm³/mol. The van der Waals surface area contributed by atoms with Gasteiger partial charge in [-0.3, -0.25) is 0 Å². The number of hydrogen-bond donors (Lipinski definition) is 2. The van der Waals surface area contributed by atoms with Crippen molar-refractivity contribution in [2.45, 2.75) is 37.5 Å². The molecule has 0 spiro atoms. The van der Waals surface area contributed by atoms with Crippen molar-refractivity contribution in [3.8, 4) is 5.75 Å². The van der Waals surface area contributed by atoms with Crippen molar-refractivity contribution in [2.75, 3.05) is 18.2 Å². The lowest BCUT2D eigenvalue weighted by molar-refractivity contribution is 0.102. The van der Waals surface area contributed by atoms with E-state index in [1.807, 2.05) is 18.2 Å². The van der Waals surface area contributed by atoms with Gasteiger partial charge in [-0.15, -0.1) is 0 Å². The Labute approximate surface area is 101 Å². The van der Waals surface area contributed by atoms with E-state index in [0.717, 1.165) is 17.9 Å². The number of nitrogens with one attached hydrogen (secondary N) is 1. The van der Waals surface area contributed by atoms with Gasteiger partial charge in [0.2, 0.25) is 0 Å². The van der Waals surface area contributed by atoms with E-state index in [2.05, 4.69) is 5.32 Å². The van der Waals surface area contributed by atoms with Crippen molar-refractivity contribution in [3.05, 3.63) is 18.2 Å². The van der Waals surface area contributed by atoms with Crippen LogP contribution in [0.25, 0.3) is 0 Å². The Kier molecular flexibility index (Phi) is 2.59. The van der Waals surface area contributed by atoms with Crippen LogP contribution in [0, 0.1) is 0 Å². The van der Waals surface area contributed by atoms with Gasteiger partial charge >= 0.3 is 0 Å². The van der Waals surface area contributed by atoms with Crippen LogP contribution in [0.2, 0.25) is 0 Å². The number of nitrogens with two attached hydrogens (primary N) is 1. The monoisotopic (exact) mass is 234 g/mol. The number of methoxy groups -OCH3 is 1. The van der Waals surface area contributed by atoms with Crippen LogP contribution in [-0.2, 0) is 4.74 Å². The van der Waals surface area contributed by atoms with Crippen molar-refractivity contribution in [2.24, 2.45) is 0 Å². The van der Waals surface area contributed by atoms with E-state index in [4.69, 9.17) is 15.2 Å². The summed E-state index contributed by atoms with van der Waals surface area (Å²) in [6.07, 6.45) is 4.34. The topological polar surface area (TPSA) is 56.5 Å². The molecule has 92 valence electrons. The molecular formula is C13H18N2O2. The number of ether oxygens (including phenoxy) is 2. The van der Waals surface area contributed by atoms with Crippen LogP contribution in [0.3, 0.4) is 0 Å². The summed E-state index contributed by atoms with van der Waals surface area (Å²) in [5.74, 6) is 0.721. The maximum atomic E-state index is 5.82. The summed E-state index contributed by atoms with van der Waals surface area (Å²) in [6, 6.07) is 6.24. The Morgan fingerprint density at radius 1 is 1.41 bits per heavy atom. The lowest BCUT2D eigenvalue weighted by atomic mass is 9.95. The molecule has 2 aliphatic heterocycles. The van der Waals surface area contributed by atoms with E-state index in [1.165, 1.54) is 12.8 Å². The van der Waals surface area contributed by atoms with Gasteiger partial charge in [0, 0.05) is 11.8 Å². The summed E-state index contributed by atoms with van der Waals surface area (Å²) in [4.78, 5) is 0. The summed E-state index contributed by atoms with van der Waals surface area (Å²) >= 11 is 0. The molecule has 0 aliphatic carbocycles. The zero-order valence-electron chi connectivity index (χ0n) is 9.98. The number of fused-ring (bicyclic) bond motifs is 2. The molecular weight excluding hydrogens is 216 g/mol. The van der Waals surface area contributed by atoms with Crippen molar-refractivity contribution in [3.63, 3.8) is 0 Å². The maximum Gasteiger partial charge on any atom is 0.143 e. The minimum absolute atomic E-state index is 0.378. The van der Waals surface area contributed by atoms with Crippen LogP contribution in [0.15, 0.2) is 18.2 Å². The van der Waals surface area contributed by atoms with E-state index in [9.17, 15) is 0 Å². The van der Waals surface area contributed by atoms with Gasteiger partial charge in [-0.25, -0.2) is 0 Å². The molecule has 2 fully saturated rings. The van der Waals surface area contributed by atoms with Crippen LogP contribution in [0.5, 0.6) is 5.75 Å². The standard InChI is InChI=1S/C13H18N2O2/c1-16-13-6-8(2-4-10(13)14)15-11-7-9-3-5-12(11)17-9/h2,4,6,9,11-12,15H,3,5,7,14H2,1H3. The van der Waals surface area contributed by atoms with Crippen molar-refractivity contribution >= 4 is 11.4 Å². The number of benzene rings is 1. The zero-order valence-corrected chi connectivity index (χ0v) is 9.98. The fourth-order valence-electron chi connectivity index (χ4n) is 2.80. The molecule has 3 rings (SSSR count). The van der Waals surface area contributed by atoms with Gasteiger partial charge in [-0.2, -0.15) is 0 Å². The summed E-state index contributed by atoms with van der Waals surface area (Å²) in [7, 11) is 1.64. The highest BCUT2D eigenvalue weighted by Gasteiger charge is 2.40. The molecule has 2 saturated heterocycles. The normalized spacial score (nSPS) is 30.5. The van der Waals surface area contributed by atoms with Gasteiger partial charge in [-0.05, 0) is 31.4 Å². The van der Waals surface area contributed by atoms with Crippen LogP contribution >= 0.6 is 0 Å². The van der Waals surface area contributed by atoms with Crippen molar-refractivity contribution in [1.82, 2.24) is 0 Å². The van der Waals surface area contributed by atoms with Gasteiger partial charge in [0.1, 0.15) is 5.75 Å². The first-order valence-electron chi connectivity index (χ1n) is 6.12. The quantitative estimate of drug-likeness (QED) is 0.785. The molecule has 0 aromatic heterocycles. The second-order valence-electron chi connectivity index (χ2n) is 4.82. The molecule has 3 N–H and O–H groups in total. The van der Waals surface area contributed by atoms with Crippen LogP contribution < -0.4 is 15.8 Å². The number of anilines is 2. The third kappa shape index (κ3) is 1.93. The second kappa shape index (κ2) is 4.11. The van der Waals surface area contributed by atoms with Gasteiger partial charge < -0.3 is 20.5 Å². The molecule has 1 aromatic rings.